The summed E-state index contributed by atoms with van der Waals surface area (Å²) in [7, 11) is 0. The highest BCUT2D eigenvalue weighted by molar-refractivity contribution is 6.30. The third-order valence-electron chi connectivity index (χ3n) is 3.28. The van der Waals surface area contributed by atoms with E-state index in [1.165, 1.54) is 13.1 Å². The summed E-state index contributed by atoms with van der Waals surface area (Å²) in [6.07, 6.45) is 0.427. The highest BCUT2D eigenvalue weighted by atomic mass is 35.5. The Bertz CT molecular complexity index is 762. The van der Waals surface area contributed by atoms with Crippen LogP contribution in [-0.4, -0.2) is 29.6 Å². The van der Waals surface area contributed by atoms with Gasteiger partial charge in [0.2, 0.25) is 0 Å². The Morgan fingerprint density at radius 2 is 1.96 bits per heavy atom. The van der Waals surface area contributed by atoms with Crippen molar-refractivity contribution in [2.45, 2.75) is 26.9 Å². The first-order valence-electron chi connectivity index (χ1n) is 8.21. The molecule has 1 aromatic heterocycles. The minimum Gasteiger partial charge on any atom is -0.493 e. The average molecular weight is 377 g/mol. The van der Waals surface area contributed by atoms with Crippen molar-refractivity contribution in [1.29, 1.82) is 0 Å². The van der Waals surface area contributed by atoms with Crippen LogP contribution < -0.4 is 10.1 Å². The fraction of sp³-hybridized carbons (Fsp3) is 0.316. The van der Waals surface area contributed by atoms with E-state index < -0.39 is 18.0 Å². The van der Waals surface area contributed by atoms with E-state index in [1.54, 1.807) is 36.4 Å². The summed E-state index contributed by atoms with van der Waals surface area (Å²) in [5, 5.41) is 3.02. The molecule has 0 saturated carbocycles. The largest absolute Gasteiger partial charge is 0.493 e. The molecule has 6 nitrogen and oxygen atoms in total. The molecule has 1 amide bonds. The van der Waals surface area contributed by atoms with Gasteiger partial charge in [0, 0.05) is 6.20 Å². The van der Waals surface area contributed by atoms with Crippen LogP contribution in [0.1, 0.15) is 31.1 Å². The van der Waals surface area contributed by atoms with E-state index in [0.29, 0.717) is 34.7 Å². The van der Waals surface area contributed by atoms with Gasteiger partial charge in [0.05, 0.1) is 17.2 Å². The zero-order chi connectivity index (χ0) is 19.1. The maximum atomic E-state index is 12.3. The van der Waals surface area contributed by atoms with Crippen LogP contribution in [-0.2, 0) is 9.53 Å². The van der Waals surface area contributed by atoms with Gasteiger partial charge in [-0.05, 0) is 43.2 Å². The molecule has 1 N–H and O–H groups in total. The van der Waals surface area contributed by atoms with Crippen molar-refractivity contribution in [1.82, 2.24) is 4.98 Å². The third kappa shape index (κ3) is 6.04. The van der Waals surface area contributed by atoms with Crippen LogP contribution >= 0.6 is 11.6 Å². The lowest BCUT2D eigenvalue weighted by atomic mass is 10.2. The molecular formula is C19H21ClN2O4. The van der Waals surface area contributed by atoms with Gasteiger partial charge in [-0.3, -0.25) is 4.79 Å². The summed E-state index contributed by atoms with van der Waals surface area (Å²) in [5.74, 6) is 0.185. The van der Waals surface area contributed by atoms with E-state index in [0.717, 1.165) is 0 Å². The number of nitrogens with one attached hydrogen (secondary N) is 1. The van der Waals surface area contributed by atoms with Gasteiger partial charge in [-0.25, -0.2) is 9.78 Å². The predicted octanol–water partition coefficient (Wildman–Crippen LogP) is 3.95. The number of ether oxygens (including phenoxy) is 2. The van der Waals surface area contributed by atoms with E-state index in [-0.39, 0.29) is 0 Å². The predicted molar refractivity (Wildman–Crippen MR) is 99.5 cm³/mol. The number of aromatic nitrogens is 1. The van der Waals surface area contributed by atoms with Crippen molar-refractivity contribution in [3.05, 3.63) is 53.2 Å². The Labute approximate surface area is 157 Å². The van der Waals surface area contributed by atoms with Crippen LogP contribution in [0.3, 0.4) is 0 Å². The minimum absolute atomic E-state index is 0.315. The topological polar surface area (TPSA) is 77.5 Å². The van der Waals surface area contributed by atoms with Gasteiger partial charge in [0.25, 0.3) is 5.91 Å². The molecular weight excluding hydrogens is 356 g/mol. The number of amides is 1. The zero-order valence-corrected chi connectivity index (χ0v) is 15.6. The SMILES string of the molecule is CC(C)COc1cccc(C(=O)O[C@H](C)C(=O)Nc2ccc(Cl)cn2)c1. The van der Waals surface area contributed by atoms with Crippen LogP contribution in [0.2, 0.25) is 5.02 Å². The summed E-state index contributed by atoms with van der Waals surface area (Å²) in [5.41, 5.74) is 0.315. The molecule has 7 heteroatoms. The van der Waals surface area contributed by atoms with Crippen molar-refractivity contribution in [2.75, 3.05) is 11.9 Å². The van der Waals surface area contributed by atoms with Crippen molar-refractivity contribution in [3.63, 3.8) is 0 Å². The standard InChI is InChI=1S/C19H21ClN2O4/c1-12(2)11-25-16-6-4-5-14(9-16)19(24)26-13(3)18(23)22-17-8-7-15(20)10-21-17/h4-10,12-13H,11H2,1-3H3,(H,21,22,23)/t13-/m1/s1. The maximum absolute atomic E-state index is 12.3. The molecule has 0 radical (unpaired) electrons. The zero-order valence-electron chi connectivity index (χ0n) is 14.9. The number of benzene rings is 1. The molecule has 0 aliphatic carbocycles. The Hall–Kier alpha value is -2.60. The number of pyridine rings is 1. The summed E-state index contributed by atoms with van der Waals surface area (Å²) in [6, 6.07) is 9.83. The lowest BCUT2D eigenvalue weighted by Gasteiger charge is -2.14. The van der Waals surface area contributed by atoms with Crippen LogP contribution in [0.4, 0.5) is 5.82 Å². The number of rotatable bonds is 7. The quantitative estimate of drug-likeness (QED) is 0.740. The number of esters is 1. The summed E-state index contributed by atoms with van der Waals surface area (Å²) in [4.78, 5) is 28.3. The van der Waals surface area contributed by atoms with E-state index in [9.17, 15) is 9.59 Å². The van der Waals surface area contributed by atoms with E-state index >= 15 is 0 Å². The molecule has 0 spiro atoms. The number of carbonyl (C=O) groups is 2. The van der Waals surface area contributed by atoms with Gasteiger partial charge >= 0.3 is 5.97 Å². The molecule has 2 aromatic rings. The Morgan fingerprint density at radius 3 is 2.62 bits per heavy atom. The number of hydrogen-bond acceptors (Lipinski definition) is 5. The van der Waals surface area contributed by atoms with Gasteiger partial charge in [0.15, 0.2) is 6.10 Å². The van der Waals surface area contributed by atoms with Crippen LogP contribution in [0.5, 0.6) is 5.75 Å². The number of halogens is 1. The second-order valence-corrected chi connectivity index (χ2v) is 6.57. The van der Waals surface area contributed by atoms with E-state index in [2.05, 4.69) is 10.3 Å². The molecule has 1 heterocycles. The molecule has 26 heavy (non-hydrogen) atoms. The fourth-order valence-corrected chi connectivity index (χ4v) is 2.05. The van der Waals surface area contributed by atoms with Gasteiger partial charge in [0.1, 0.15) is 11.6 Å². The summed E-state index contributed by atoms with van der Waals surface area (Å²) >= 11 is 5.75. The molecule has 0 unspecified atom stereocenters. The van der Waals surface area contributed by atoms with Gasteiger partial charge in [-0.15, -0.1) is 0 Å². The number of carbonyl (C=O) groups excluding carboxylic acids is 2. The van der Waals surface area contributed by atoms with Crippen LogP contribution in [0.25, 0.3) is 0 Å². The van der Waals surface area contributed by atoms with E-state index in [1.807, 2.05) is 13.8 Å². The first-order valence-corrected chi connectivity index (χ1v) is 8.59. The van der Waals surface area contributed by atoms with Crippen molar-refractivity contribution in [2.24, 2.45) is 5.92 Å². The number of nitrogens with zero attached hydrogens (tertiary/aromatic N) is 1. The smallest absolute Gasteiger partial charge is 0.339 e. The summed E-state index contributed by atoms with van der Waals surface area (Å²) < 4.78 is 10.8. The number of anilines is 1. The van der Waals surface area contributed by atoms with Gasteiger partial charge < -0.3 is 14.8 Å². The third-order valence-corrected chi connectivity index (χ3v) is 3.51. The second-order valence-electron chi connectivity index (χ2n) is 6.13. The molecule has 0 fully saturated rings. The molecule has 0 saturated heterocycles. The highest BCUT2D eigenvalue weighted by Crippen LogP contribution is 2.16. The molecule has 0 aliphatic rings. The van der Waals surface area contributed by atoms with E-state index in [4.69, 9.17) is 21.1 Å². The van der Waals surface area contributed by atoms with Gasteiger partial charge in [-0.1, -0.05) is 31.5 Å². The van der Waals surface area contributed by atoms with Crippen molar-refractivity contribution in [3.8, 4) is 5.75 Å². The number of hydrogen-bond donors (Lipinski definition) is 1. The van der Waals surface area contributed by atoms with Crippen LogP contribution in [0.15, 0.2) is 42.6 Å². The average Bonchev–Trinajstić information content (AvgIpc) is 2.62. The molecule has 0 aliphatic heterocycles. The normalized spacial score (nSPS) is 11.7. The first kappa shape index (κ1) is 19.7. The maximum Gasteiger partial charge on any atom is 0.339 e. The Morgan fingerprint density at radius 1 is 1.19 bits per heavy atom. The minimum atomic E-state index is -0.986. The molecule has 1 atom stereocenters. The first-order chi connectivity index (χ1) is 12.3. The highest BCUT2D eigenvalue weighted by Gasteiger charge is 2.19. The summed E-state index contributed by atoms with van der Waals surface area (Å²) in [6.45, 7) is 6.11. The Balaban J connectivity index is 1.94. The Kier molecular flexibility index (Phi) is 6.97. The molecule has 0 bridgehead atoms. The monoisotopic (exact) mass is 376 g/mol. The molecule has 138 valence electrons. The van der Waals surface area contributed by atoms with Crippen LogP contribution in [0, 0.1) is 5.92 Å². The fourth-order valence-electron chi connectivity index (χ4n) is 1.94. The molecule has 1 aromatic carbocycles. The van der Waals surface area contributed by atoms with Crippen molar-refractivity contribution < 1.29 is 19.1 Å². The lowest BCUT2D eigenvalue weighted by molar-refractivity contribution is -0.123. The van der Waals surface area contributed by atoms with Gasteiger partial charge in [-0.2, -0.15) is 0 Å². The second kappa shape index (κ2) is 9.20. The van der Waals surface area contributed by atoms with Crippen molar-refractivity contribution >= 4 is 29.3 Å². The lowest BCUT2D eigenvalue weighted by Crippen LogP contribution is -2.30. The molecule has 2 rings (SSSR count).